The summed E-state index contributed by atoms with van der Waals surface area (Å²) in [6.07, 6.45) is 3.39. The van der Waals surface area contributed by atoms with Crippen molar-refractivity contribution < 1.29 is 9.53 Å². The average molecular weight is 225 g/mol. The van der Waals surface area contributed by atoms with E-state index in [0.29, 0.717) is 16.2 Å². The number of methoxy groups -OCH3 is 1. The van der Waals surface area contributed by atoms with Crippen LogP contribution in [-0.2, 0) is 4.74 Å². The summed E-state index contributed by atoms with van der Waals surface area (Å²) in [5.74, 6) is -0.437. The van der Waals surface area contributed by atoms with Gasteiger partial charge in [0.2, 0.25) is 0 Å². The van der Waals surface area contributed by atoms with E-state index >= 15 is 0 Å². The van der Waals surface area contributed by atoms with Gasteiger partial charge in [-0.05, 0) is 13.0 Å². The molecule has 15 heavy (non-hydrogen) atoms. The van der Waals surface area contributed by atoms with Crippen molar-refractivity contribution in [3.05, 3.63) is 34.7 Å². The highest BCUT2D eigenvalue weighted by atomic mass is 35.5. The molecule has 2 heterocycles. The van der Waals surface area contributed by atoms with Gasteiger partial charge in [0.15, 0.2) is 5.65 Å². The van der Waals surface area contributed by atoms with Crippen LogP contribution in [0.4, 0.5) is 0 Å². The molecule has 0 aliphatic rings. The van der Waals surface area contributed by atoms with Crippen molar-refractivity contribution in [2.75, 3.05) is 7.11 Å². The highest BCUT2D eigenvalue weighted by molar-refractivity contribution is 6.31. The van der Waals surface area contributed by atoms with Gasteiger partial charge in [0, 0.05) is 18.1 Å². The molecule has 0 atom stereocenters. The molecule has 0 aliphatic heterocycles. The Balaban J connectivity index is 2.78. The van der Waals surface area contributed by atoms with Crippen LogP contribution in [0.2, 0.25) is 5.02 Å². The minimum Gasteiger partial charge on any atom is -0.465 e. The van der Waals surface area contributed by atoms with E-state index in [4.69, 9.17) is 11.6 Å². The lowest BCUT2D eigenvalue weighted by Gasteiger charge is -2.03. The summed E-state index contributed by atoms with van der Waals surface area (Å²) >= 11 is 5.90. The van der Waals surface area contributed by atoms with Gasteiger partial charge in [-0.3, -0.25) is 0 Å². The van der Waals surface area contributed by atoms with Crippen molar-refractivity contribution in [1.82, 2.24) is 9.38 Å². The van der Waals surface area contributed by atoms with Crippen molar-refractivity contribution in [3.8, 4) is 0 Å². The van der Waals surface area contributed by atoms with E-state index in [2.05, 4.69) is 9.72 Å². The van der Waals surface area contributed by atoms with Crippen LogP contribution in [0.3, 0.4) is 0 Å². The monoisotopic (exact) mass is 224 g/mol. The summed E-state index contributed by atoms with van der Waals surface area (Å²) in [6, 6.07) is 1.55. The third-order valence-electron chi connectivity index (χ3n) is 2.16. The number of rotatable bonds is 1. The first-order valence-corrected chi connectivity index (χ1v) is 4.73. The zero-order chi connectivity index (χ0) is 11.0. The number of nitrogens with zero attached hydrogens (tertiary/aromatic N) is 2. The topological polar surface area (TPSA) is 43.6 Å². The Morgan fingerprint density at radius 1 is 1.60 bits per heavy atom. The molecule has 4 nitrogen and oxygen atoms in total. The summed E-state index contributed by atoms with van der Waals surface area (Å²) in [4.78, 5) is 15.6. The Morgan fingerprint density at radius 2 is 2.33 bits per heavy atom. The first-order chi connectivity index (χ1) is 7.13. The molecule has 0 bridgehead atoms. The van der Waals surface area contributed by atoms with Crippen LogP contribution < -0.4 is 0 Å². The fourth-order valence-electron chi connectivity index (χ4n) is 1.43. The van der Waals surface area contributed by atoms with Gasteiger partial charge in [0.25, 0.3) is 0 Å². The Kier molecular flexibility index (Phi) is 2.36. The van der Waals surface area contributed by atoms with Crippen molar-refractivity contribution in [2.24, 2.45) is 0 Å². The van der Waals surface area contributed by atoms with Crippen LogP contribution in [0.15, 0.2) is 18.5 Å². The molecular formula is C10H9ClN2O2. The normalized spacial score (nSPS) is 10.6. The predicted molar refractivity (Wildman–Crippen MR) is 56.3 cm³/mol. The summed E-state index contributed by atoms with van der Waals surface area (Å²) in [7, 11) is 1.33. The predicted octanol–water partition coefficient (Wildman–Crippen LogP) is 2.08. The molecule has 2 aromatic heterocycles. The Morgan fingerprint density at radius 3 is 3.00 bits per heavy atom. The van der Waals surface area contributed by atoms with Gasteiger partial charge in [-0.25, -0.2) is 9.78 Å². The highest BCUT2D eigenvalue weighted by Crippen LogP contribution is 2.18. The fourth-order valence-corrected chi connectivity index (χ4v) is 1.64. The van der Waals surface area contributed by atoms with Gasteiger partial charge in [-0.2, -0.15) is 0 Å². The SMILES string of the molecule is COC(=O)c1cc(Cl)cn2c(C)cnc12. The van der Waals surface area contributed by atoms with Crippen molar-refractivity contribution >= 4 is 23.2 Å². The molecule has 0 spiro atoms. The molecule has 0 unspecified atom stereocenters. The Labute approximate surface area is 91.4 Å². The largest absolute Gasteiger partial charge is 0.465 e. The maximum Gasteiger partial charge on any atom is 0.341 e. The second kappa shape index (κ2) is 3.55. The van der Waals surface area contributed by atoms with E-state index in [1.54, 1.807) is 22.9 Å². The standard InChI is InChI=1S/C10H9ClN2O2/c1-6-4-12-9-8(10(14)15-2)3-7(11)5-13(6)9/h3-5H,1-2H3. The summed E-state index contributed by atoms with van der Waals surface area (Å²) in [6.45, 7) is 1.89. The Hall–Kier alpha value is -1.55. The van der Waals surface area contributed by atoms with E-state index in [9.17, 15) is 4.79 Å². The lowest BCUT2D eigenvalue weighted by molar-refractivity contribution is 0.0602. The molecule has 0 aromatic carbocycles. The number of pyridine rings is 1. The summed E-state index contributed by atoms with van der Waals surface area (Å²) in [5.41, 5.74) is 1.85. The van der Waals surface area contributed by atoms with Crippen molar-refractivity contribution in [2.45, 2.75) is 6.92 Å². The molecule has 2 rings (SSSR count). The molecule has 0 radical (unpaired) electrons. The summed E-state index contributed by atoms with van der Waals surface area (Å²) in [5, 5.41) is 0.476. The molecule has 0 fully saturated rings. The number of fused-ring (bicyclic) bond motifs is 1. The van der Waals surface area contributed by atoms with Gasteiger partial charge in [-0.15, -0.1) is 0 Å². The van der Waals surface area contributed by atoms with E-state index in [0.717, 1.165) is 5.69 Å². The second-order valence-electron chi connectivity index (χ2n) is 3.16. The number of imidazole rings is 1. The number of aryl methyl sites for hydroxylation is 1. The molecule has 0 saturated heterocycles. The van der Waals surface area contributed by atoms with Gasteiger partial charge in [0.1, 0.15) is 5.56 Å². The molecule has 5 heteroatoms. The zero-order valence-electron chi connectivity index (χ0n) is 8.32. The maximum atomic E-state index is 11.5. The van der Waals surface area contributed by atoms with E-state index in [1.807, 2.05) is 6.92 Å². The number of esters is 1. The molecular weight excluding hydrogens is 216 g/mol. The number of halogens is 1. The second-order valence-corrected chi connectivity index (χ2v) is 3.59. The smallest absolute Gasteiger partial charge is 0.341 e. The maximum absolute atomic E-state index is 11.5. The van der Waals surface area contributed by atoms with Crippen LogP contribution in [0.1, 0.15) is 16.1 Å². The molecule has 0 aliphatic carbocycles. The first kappa shape index (κ1) is 9.98. The van der Waals surface area contributed by atoms with Gasteiger partial charge >= 0.3 is 5.97 Å². The number of aromatic nitrogens is 2. The first-order valence-electron chi connectivity index (χ1n) is 4.35. The van der Waals surface area contributed by atoms with Crippen LogP contribution >= 0.6 is 11.6 Å². The minimum atomic E-state index is -0.437. The quantitative estimate of drug-likeness (QED) is 0.697. The van der Waals surface area contributed by atoms with Crippen molar-refractivity contribution in [1.29, 1.82) is 0 Å². The van der Waals surface area contributed by atoms with Crippen LogP contribution in [0, 0.1) is 6.92 Å². The molecule has 2 aromatic rings. The minimum absolute atomic E-state index is 0.373. The van der Waals surface area contributed by atoms with E-state index in [-0.39, 0.29) is 0 Å². The van der Waals surface area contributed by atoms with E-state index < -0.39 is 5.97 Å². The number of carbonyl (C=O) groups excluding carboxylic acids is 1. The number of hydrogen-bond donors (Lipinski definition) is 0. The van der Waals surface area contributed by atoms with Crippen LogP contribution in [0.5, 0.6) is 0 Å². The van der Waals surface area contributed by atoms with Gasteiger partial charge in [0.05, 0.1) is 12.1 Å². The van der Waals surface area contributed by atoms with Gasteiger partial charge in [-0.1, -0.05) is 11.6 Å². The highest BCUT2D eigenvalue weighted by Gasteiger charge is 2.14. The molecule has 0 N–H and O–H groups in total. The number of carbonyl (C=O) groups is 1. The number of hydrogen-bond acceptors (Lipinski definition) is 3. The molecule has 0 saturated carbocycles. The lowest BCUT2D eigenvalue weighted by Crippen LogP contribution is -2.04. The molecule has 78 valence electrons. The third-order valence-corrected chi connectivity index (χ3v) is 2.37. The lowest BCUT2D eigenvalue weighted by atomic mass is 10.2. The zero-order valence-corrected chi connectivity index (χ0v) is 9.08. The van der Waals surface area contributed by atoms with E-state index in [1.165, 1.54) is 7.11 Å². The number of ether oxygens (including phenoxy) is 1. The van der Waals surface area contributed by atoms with Gasteiger partial charge < -0.3 is 9.14 Å². The third kappa shape index (κ3) is 1.57. The van der Waals surface area contributed by atoms with Crippen LogP contribution in [-0.4, -0.2) is 22.5 Å². The Bertz CT molecular complexity index is 533. The summed E-state index contributed by atoms with van der Waals surface area (Å²) < 4.78 is 6.42. The average Bonchev–Trinajstić information content (AvgIpc) is 2.58. The molecule has 0 amide bonds. The van der Waals surface area contributed by atoms with Crippen molar-refractivity contribution in [3.63, 3.8) is 0 Å². The fraction of sp³-hybridized carbons (Fsp3) is 0.200. The van der Waals surface area contributed by atoms with Crippen LogP contribution in [0.25, 0.3) is 5.65 Å².